The molecule has 5 aliphatic rings. The molecule has 0 spiro atoms. The lowest BCUT2D eigenvalue weighted by Gasteiger charge is -2.37. The highest BCUT2D eigenvalue weighted by Crippen LogP contribution is 2.65. The maximum absolute atomic E-state index is 13.1. The molecule has 2 aromatic rings. The van der Waals surface area contributed by atoms with Crippen molar-refractivity contribution in [2.75, 3.05) is 7.11 Å². The predicted molar refractivity (Wildman–Crippen MR) is 141 cm³/mol. The van der Waals surface area contributed by atoms with Gasteiger partial charge in [-0.25, -0.2) is 0 Å². The van der Waals surface area contributed by atoms with Gasteiger partial charge in [0.2, 0.25) is 0 Å². The summed E-state index contributed by atoms with van der Waals surface area (Å²) in [5.74, 6) is 1.69. The van der Waals surface area contributed by atoms with E-state index < -0.39 is 0 Å². The minimum Gasteiger partial charge on any atom is -0.493 e. The molecule has 0 unspecified atom stereocenters. The molecule has 4 aliphatic carbocycles. The first-order valence-corrected chi connectivity index (χ1v) is 13.2. The second-order valence-corrected chi connectivity index (χ2v) is 11.5. The van der Waals surface area contributed by atoms with Gasteiger partial charge in [0, 0.05) is 15.6 Å². The van der Waals surface area contributed by atoms with E-state index in [1.54, 1.807) is 25.3 Å². The van der Waals surface area contributed by atoms with Crippen LogP contribution in [-0.2, 0) is 16.2 Å². The van der Waals surface area contributed by atoms with Gasteiger partial charge in [-0.15, -0.1) is 0 Å². The van der Waals surface area contributed by atoms with Crippen molar-refractivity contribution in [3.05, 3.63) is 67.2 Å². The summed E-state index contributed by atoms with van der Waals surface area (Å²) in [5.41, 5.74) is 1.50. The standard InChI is InChI=1S/C26H21Cl2IN2O4/c1-34-21-7-12(6-20(29)24(21)35-11-13-2-3-14(27)8-19(13)28)10-30-31-25(32)22-15-4-5-16(18-9-17(15)18)23(22)26(31)33/h2-8,10,15-18,22-23H,9,11H2,1H3/b30-10-/t15-,16-,17-,18+,22+,23+/m0/s1. The van der Waals surface area contributed by atoms with E-state index in [1.807, 2.05) is 12.1 Å². The second kappa shape index (κ2) is 8.78. The molecule has 180 valence electrons. The molecule has 9 heteroatoms. The molecule has 3 fully saturated rings. The number of hydrogen-bond acceptors (Lipinski definition) is 5. The molecular weight excluding hydrogens is 602 g/mol. The first-order valence-electron chi connectivity index (χ1n) is 11.4. The van der Waals surface area contributed by atoms with Gasteiger partial charge in [-0.1, -0.05) is 41.4 Å². The molecule has 2 saturated carbocycles. The van der Waals surface area contributed by atoms with Crippen molar-refractivity contribution in [3.8, 4) is 11.5 Å². The van der Waals surface area contributed by atoms with Crippen molar-refractivity contribution >= 4 is 63.8 Å². The number of amides is 2. The van der Waals surface area contributed by atoms with Crippen LogP contribution in [0.2, 0.25) is 10.0 Å². The molecule has 0 aromatic heterocycles. The molecule has 6 nitrogen and oxygen atoms in total. The van der Waals surface area contributed by atoms with Crippen LogP contribution in [0.1, 0.15) is 17.5 Å². The van der Waals surface area contributed by atoms with E-state index in [0.717, 1.165) is 20.6 Å². The quantitative estimate of drug-likeness (QED) is 0.183. The Morgan fingerprint density at radius 3 is 2.40 bits per heavy atom. The van der Waals surface area contributed by atoms with E-state index in [1.165, 1.54) is 6.21 Å². The van der Waals surface area contributed by atoms with Crippen LogP contribution in [0.4, 0.5) is 0 Å². The van der Waals surface area contributed by atoms with E-state index in [-0.39, 0.29) is 42.1 Å². The molecule has 2 bridgehead atoms. The molecule has 7 rings (SSSR count). The molecule has 0 N–H and O–H groups in total. The van der Waals surface area contributed by atoms with Crippen LogP contribution in [0.3, 0.4) is 0 Å². The number of carbonyl (C=O) groups excluding carboxylic acids is 2. The zero-order valence-electron chi connectivity index (χ0n) is 18.7. The van der Waals surface area contributed by atoms with Crippen LogP contribution in [-0.4, -0.2) is 30.1 Å². The third-order valence-electron chi connectivity index (χ3n) is 7.60. The average Bonchev–Trinajstić information content (AvgIpc) is 3.62. The molecule has 1 heterocycles. The highest BCUT2D eigenvalue weighted by atomic mass is 127. The maximum atomic E-state index is 13.1. The van der Waals surface area contributed by atoms with Crippen molar-refractivity contribution in [1.29, 1.82) is 0 Å². The molecule has 2 amide bonds. The summed E-state index contributed by atoms with van der Waals surface area (Å²) in [5, 5.41) is 6.49. The Hall–Kier alpha value is -2.10. The van der Waals surface area contributed by atoms with Crippen LogP contribution < -0.4 is 9.47 Å². The Labute approximate surface area is 226 Å². The zero-order chi connectivity index (χ0) is 24.4. The van der Waals surface area contributed by atoms with Gasteiger partial charge in [-0.2, -0.15) is 10.1 Å². The number of imide groups is 1. The Morgan fingerprint density at radius 2 is 1.77 bits per heavy atom. The lowest BCUT2D eigenvalue weighted by Crippen LogP contribution is -2.40. The van der Waals surface area contributed by atoms with Crippen LogP contribution in [0.5, 0.6) is 11.5 Å². The van der Waals surface area contributed by atoms with Crippen LogP contribution in [0, 0.1) is 39.1 Å². The fourth-order valence-electron chi connectivity index (χ4n) is 5.92. The summed E-state index contributed by atoms with van der Waals surface area (Å²) in [6.45, 7) is 0.244. The summed E-state index contributed by atoms with van der Waals surface area (Å²) in [6, 6.07) is 8.88. The molecule has 1 aliphatic heterocycles. The van der Waals surface area contributed by atoms with Crippen LogP contribution >= 0.6 is 45.8 Å². The largest absolute Gasteiger partial charge is 0.493 e. The molecule has 0 radical (unpaired) electrons. The van der Waals surface area contributed by atoms with Crippen molar-refractivity contribution in [2.45, 2.75) is 13.0 Å². The lowest BCUT2D eigenvalue weighted by atomic mass is 9.63. The minimum atomic E-state index is -0.261. The van der Waals surface area contributed by atoms with Crippen molar-refractivity contribution < 1.29 is 19.1 Å². The summed E-state index contributed by atoms with van der Waals surface area (Å²) < 4.78 is 12.4. The molecule has 1 saturated heterocycles. The van der Waals surface area contributed by atoms with Crippen LogP contribution in [0.15, 0.2) is 47.6 Å². The fraction of sp³-hybridized carbons (Fsp3) is 0.346. The third kappa shape index (κ3) is 3.86. The Bertz CT molecular complexity index is 1280. The summed E-state index contributed by atoms with van der Waals surface area (Å²) in [6.07, 6.45) is 6.98. The Kier molecular flexibility index (Phi) is 5.85. The topological polar surface area (TPSA) is 68.2 Å². The number of methoxy groups -OCH3 is 1. The molecule has 2 aromatic carbocycles. The van der Waals surface area contributed by atoms with Crippen molar-refractivity contribution in [2.24, 2.45) is 40.6 Å². The summed E-state index contributed by atoms with van der Waals surface area (Å²) in [4.78, 5) is 26.3. The summed E-state index contributed by atoms with van der Waals surface area (Å²) in [7, 11) is 1.56. The van der Waals surface area contributed by atoms with Crippen molar-refractivity contribution in [1.82, 2.24) is 5.01 Å². The van der Waals surface area contributed by atoms with Gasteiger partial charge < -0.3 is 9.47 Å². The third-order valence-corrected chi connectivity index (χ3v) is 8.99. The maximum Gasteiger partial charge on any atom is 0.254 e. The first-order chi connectivity index (χ1) is 16.9. The van der Waals surface area contributed by atoms with E-state index in [9.17, 15) is 9.59 Å². The van der Waals surface area contributed by atoms with Gasteiger partial charge in [-0.05, 0) is 82.5 Å². The highest BCUT2D eigenvalue weighted by Gasteiger charge is 2.67. The SMILES string of the molecule is COc1cc(/C=N\N2C(=O)[C@@H]3[C@H]4C=C[C@@H]([C@@H]5C[C@H]45)[C@H]3C2=O)cc(I)c1OCc1ccc(Cl)cc1Cl. The van der Waals surface area contributed by atoms with Gasteiger partial charge in [0.05, 0.1) is 28.7 Å². The monoisotopic (exact) mass is 622 g/mol. The van der Waals surface area contributed by atoms with E-state index >= 15 is 0 Å². The molecule has 6 atom stereocenters. The van der Waals surface area contributed by atoms with Gasteiger partial charge in [-0.3, -0.25) is 9.59 Å². The number of nitrogens with zero attached hydrogens (tertiary/aromatic N) is 2. The number of allylic oxidation sites excluding steroid dienone is 2. The van der Waals surface area contributed by atoms with Gasteiger partial charge >= 0.3 is 0 Å². The average molecular weight is 623 g/mol. The number of carbonyl (C=O) groups is 2. The number of benzene rings is 2. The van der Waals surface area contributed by atoms with Crippen LogP contribution in [0.25, 0.3) is 0 Å². The minimum absolute atomic E-state index is 0.178. The first kappa shape index (κ1) is 23.3. The highest BCUT2D eigenvalue weighted by molar-refractivity contribution is 14.1. The van der Waals surface area contributed by atoms with E-state index in [4.69, 9.17) is 32.7 Å². The molecule has 35 heavy (non-hydrogen) atoms. The van der Waals surface area contributed by atoms with Gasteiger partial charge in [0.1, 0.15) is 6.61 Å². The lowest BCUT2D eigenvalue weighted by molar-refractivity contribution is -0.140. The van der Waals surface area contributed by atoms with Gasteiger partial charge in [0.15, 0.2) is 11.5 Å². The number of halogens is 3. The Morgan fingerprint density at radius 1 is 1.09 bits per heavy atom. The normalized spacial score (nSPS) is 30.1. The number of hydrogen-bond donors (Lipinski definition) is 0. The predicted octanol–water partition coefficient (Wildman–Crippen LogP) is 5.57. The Balaban J connectivity index is 1.21. The van der Waals surface area contributed by atoms with E-state index in [2.05, 4.69) is 39.8 Å². The fourth-order valence-corrected chi connectivity index (χ4v) is 7.17. The number of hydrazone groups is 1. The number of rotatable bonds is 6. The van der Waals surface area contributed by atoms with Gasteiger partial charge in [0.25, 0.3) is 11.8 Å². The zero-order valence-corrected chi connectivity index (χ0v) is 22.3. The second-order valence-electron chi connectivity index (χ2n) is 9.45. The van der Waals surface area contributed by atoms with Crippen molar-refractivity contribution in [3.63, 3.8) is 0 Å². The molecular formula is C26H21Cl2IN2O4. The number of ether oxygens (including phenoxy) is 2. The smallest absolute Gasteiger partial charge is 0.254 e. The summed E-state index contributed by atoms with van der Waals surface area (Å²) >= 11 is 14.4. The van der Waals surface area contributed by atoms with E-state index in [0.29, 0.717) is 38.9 Å².